The molecule has 5 rings (SSSR count). The van der Waals surface area contributed by atoms with Gasteiger partial charge in [0.25, 0.3) is 11.8 Å². The van der Waals surface area contributed by atoms with Crippen molar-refractivity contribution in [1.82, 2.24) is 19.7 Å². The summed E-state index contributed by atoms with van der Waals surface area (Å²) < 4.78 is 53.1. The van der Waals surface area contributed by atoms with E-state index in [2.05, 4.69) is 19.8 Å². The van der Waals surface area contributed by atoms with Gasteiger partial charge in [-0.25, -0.2) is 22.8 Å². The van der Waals surface area contributed by atoms with Gasteiger partial charge >= 0.3 is 6.09 Å². The summed E-state index contributed by atoms with van der Waals surface area (Å²) in [5.41, 5.74) is 1.86. The molecule has 2 aliphatic heterocycles. The van der Waals surface area contributed by atoms with Crippen molar-refractivity contribution in [3.05, 3.63) is 54.0 Å². The summed E-state index contributed by atoms with van der Waals surface area (Å²) in [6.45, 7) is 7.61. The number of benzene rings is 1. The maximum absolute atomic E-state index is 14.2. The minimum atomic E-state index is -3.22. The molecule has 0 aliphatic carbocycles. The Hall–Kier alpha value is -4.40. The van der Waals surface area contributed by atoms with Gasteiger partial charge in [-0.15, -0.1) is 0 Å². The zero-order chi connectivity index (χ0) is 35.0. The van der Waals surface area contributed by atoms with Crippen LogP contribution in [0.15, 0.2) is 52.1 Å². The first-order chi connectivity index (χ1) is 22.4. The molecule has 1 atom stereocenters. The number of likely N-dealkylation sites (tertiary alicyclic amines) is 1. The molecule has 3 aromatic rings. The van der Waals surface area contributed by atoms with Gasteiger partial charge in [0.05, 0.1) is 27.4 Å². The summed E-state index contributed by atoms with van der Waals surface area (Å²) >= 11 is 0. The average molecular weight is 686 g/mol. The van der Waals surface area contributed by atoms with Crippen LogP contribution in [0.25, 0.3) is 11.1 Å². The Morgan fingerprint density at radius 2 is 1.85 bits per heavy atom. The molecule has 0 saturated carbocycles. The number of hydrogen-bond donors (Lipinski definition) is 1. The number of rotatable bonds is 6. The van der Waals surface area contributed by atoms with Crippen LogP contribution in [0.2, 0.25) is 0 Å². The van der Waals surface area contributed by atoms with Crippen LogP contribution in [0.3, 0.4) is 0 Å². The number of anilines is 2. The lowest BCUT2D eigenvalue weighted by molar-refractivity contribution is -0.125. The van der Waals surface area contributed by atoms with Crippen LogP contribution in [-0.4, -0.2) is 85.7 Å². The lowest BCUT2D eigenvalue weighted by Gasteiger charge is -2.37. The summed E-state index contributed by atoms with van der Waals surface area (Å²) in [5.74, 6) is -4.20. The Bertz CT molecular complexity index is 1860. The molecule has 2 saturated heterocycles. The van der Waals surface area contributed by atoms with Gasteiger partial charge in [-0.05, 0) is 57.9 Å². The van der Waals surface area contributed by atoms with E-state index in [-0.39, 0.29) is 49.4 Å². The van der Waals surface area contributed by atoms with E-state index >= 15 is 0 Å². The second-order valence-corrected chi connectivity index (χ2v) is 15.6. The van der Waals surface area contributed by atoms with Gasteiger partial charge < -0.3 is 19.9 Å². The normalized spacial score (nSPS) is 17.9. The number of carbonyl (C=O) groups is 3. The number of nitrogens with zero attached hydrogens (tertiary/aromatic N) is 6. The zero-order valence-corrected chi connectivity index (χ0v) is 28.8. The van der Waals surface area contributed by atoms with Crippen LogP contribution in [-0.2, 0) is 26.3 Å². The smallest absolute Gasteiger partial charge is 0.410 e. The highest BCUT2D eigenvalue weighted by Gasteiger charge is 2.38. The van der Waals surface area contributed by atoms with Gasteiger partial charge in [-0.1, -0.05) is 6.07 Å². The monoisotopic (exact) mass is 685 g/mol. The Labute approximate surface area is 279 Å². The molecule has 2 aromatic heterocycles. The van der Waals surface area contributed by atoms with E-state index in [0.29, 0.717) is 29.2 Å². The van der Waals surface area contributed by atoms with Crippen LogP contribution in [0.1, 0.15) is 56.0 Å². The number of amides is 3. The van der Waals surface area contributed by atoms with Crippen molar-refractivity contribution in [3.8, 4) is 11.1 Å². The van der Waals surface area contributed by atoms with Crippen molar-refractivity contribution >= 4 is 39.1 Å². The number of halogens is 2. The predicted molar refractivity (Wildman–Crippen MR) is 178 cm³/mol. The Balaban J connectivity index is 1.39. The fourth-order valence-electron chi connectivity index (χ4n) is 5.64. The van der Waals surface area contributed by atoms with Gasteiger partial charge in [0.1, 0.15) is 11.4 Å². The molecule has 0 unspecified atom stereocenters. The average Bonchev–Trinajstić information content (AvgIpc) is 3.29. The molecule has 0 spiro atoms. The highest BCUT2D eigenvalue weighted by Crippen LogP contribution is 2.35. The van der Waals surface area contributed by atoms with Gasteiger partial charge in [0.15, 0.2) is 0 Å². The SMILES string of the molecule is Cc1c(-c2cnn(C)c2)cnc(N2CCCC(F)(F)CC2)c1C(=O)Nc1cccc([S@@](C)(=O)=NC(=O)C2CN(C(=O)OC(C)(C)C)C2)c1. The van der Waals surface area contributed by atoms with Gasteiger partial charge in [-0.2, -0.15) is 9.46 Å². The van der Waals surface area contributed by atoms with Crippen molar-refractivity contribution < 1.29 is 32.1 Å². The fourth-order valence-corrected chi connectivity index (χ4v) is 6.91. The van der Waals surface area contributed by atoms with Gasteiger partial charge in [0, 0.05) is 86.4 Å². The van der Waals surface area contributed by atoms with Crippen LogP contribution in [0.5, 0.6) is 0 Å². The van der Waals surface area contributed by atoms with Crippen LogP contribution in [0, 0.1) is 12.8 Å². The molecule has 2 fully saturated rings. The number of carbonyl (C=O) groups excluding carboxylic acids is 3. The number of ether oxygens (including phenoxy) is 1. The zero-order valence-electron chi connectivity index (χ0n) is 28.0. The highest BCUT2D eigenvalue weighted by atomic mass is 32.2. The summed E-state index contributed by atoms with van der Waals surface area (Å²) in [6, 6.07) is 6.26. The van der Waals surface area contributed by atoms with Crippen LogP contribution in [0.4, 0.5) is 25.1 Å². The maximum Gasteiger partial charge on any atom is 0.410 e. The fraction of sp³-hybridized carbons (Fsp3) is 0.485. The molecule has 2 aliphatic rings. The van der Waals surface area contributed by atoms with Crippen molar-refractivity contribution in [1.29, 1.82) is 0 Å². The third kappa shape index (κ3) is 8.00. The third-order valence-corrected chi connectivity index (χ3v) is 9.91. The number of aryl methyl sites for hydroxylation is 1. The van der Waals surface area contributed by atoms with E-state index in [4.69, 9.17) is 4.74 Å². The van der Waals surface area contributed by atoms with E-state index < -0.39 is 45.1 Å². The van der Waals surface area contributed by atoms with E-state index in [0.717, 1.165) is 5.56 Å². The Morgan fingerprint density at radius 3 is 2.52 bits per heavy atom. The first-order valence-corrected chi connectivity index (χ1v) is 17.6. The number of nitrogens with one attached hydrogen (secondary N) is 1. The summed E-state index contributed by atoms with van der Waals surface area (Å²) in [6.07, 6.45) is 5.54. The molecule has 1 N–H and O–H groups in total. The van der Waals surface area contributed by atoms with E-state index in [1.807, 2.05) is 0 Å². The van der Waals surface area contributed by atoms with Crippen molar-refractivity contribution in [3.63, 3.8) is 0 Å². The second-order valence-electron chi connectivity index (χ2n) is 13.4. The van der Waals surface area contributed by atoms with Gasteiger partial charge in [-0.3, -0.25) is 14.3 Å². The standard InChI is InChI=1S/C33H41F2N7O5S/c1-21-26(22-16-37-40(5)18-22)17-36-28(41-13-8-11-33(34,35)12-14-41)27(21)30(44)38-24-9-7-10-25(15-24)48(6,46)39-29(43)23-19-42(20-23)31(45)47-32(2,3)4/h7,9-10,15-18,23H,8,11-14,19-20H2,1-6H3,(H,38,44)/t48-/m1/s1. The minimum Gasteiger partial charge on any atom is -0.444 e. The minimum absolute atomic E-state index is 0.0331. The molecular weight excluding hydrogens is 644 g/mol. The Kier molecular flexibility index (Phi) is 9.64. The molecule has 4 heterocycles. The van der Waals surface area contributed by atoms with Gasteiger partial charge in [0.2, 0.25) is 5.92 Å². The third-order valence-electron chi connectivity index (χ3n) is 8.25. The van der Waals surface area contributed by atoms with E-state index in [1.165, 1.54) is 17.2 Å². The van der Waals surface area contributed by atoms with Crippen LogP contribution < -0.4 is 10.2 Å². The number of alkyl halides is 2. The number of pyridine rings is 1. The largest absolute Gasteiger partial charge is 0.444 e. The number of hydrogen-bond acceptors (Lipinski definition) is 8. The van der Waals surface area contributed by atoms with Crippen molar-refractivity contribution in [2.45, 2.75) is 63.4 Å². The van der Waals surface area contributed by atoms with E-state index in [1.54, 1.807) is 81.1 Å². The van der Waals surface area contributed by atoms with Crippen molar-refractivity contribution in [2.24, 2.45) is 17.3 Å². The lowest BCUT2D eigenvalue weighted by atomic mass is 9.99. The van der Waals surface area contributed by atoms with E-state index in [9.17, 15) is 27.4 Å². The molecule has 3 amide bonds. The van der Waals surface area contributed by atoms with Crippen molar-refractivity contribution in [2.75, 3.05) is 42.7 Å². The lowest BCUT2D eigenvalue weighted by Crippen LogP contribution is -2.54. The quantitative estimate of drug-likeness (QED) is 0.358. The maximum atomic E-state index is 14.2. The highest BCUT2D eigenvalue weighted by molar-refractivity contribution is 7.93. The first kappa shape index (κ1) is 34.9. The molecule has 48 heavy (non-hydrogen) atoms. The topological polar surface area (TPSA) is 139 Å². The molecule has 0 radical (unpaired) electrons. The summed E-state index contributed by atoms with van der Waals surface area (Å²) in [4.78, 5) is 47.1. The molecule has 1 aromatic carbocycles. The number of aromatic nitrogens is 3. The summed E-state index contributed by atoms with van der Waals surface area (Å²) in [5, 5.41) is 7.08. The van der Waals surface area contributed by atoms with Crippen LogP contribution >= 0.6 is 0 Å². The molecule has 15 heteroatoms. The molecule has 12 nitrogen and oxygen atoms in total. The molecular formula is C33H41F2N7O5S. The second kappa shape index (κ2) is 13.2. The molecule has 258 valence electrons. The Morgan fingerprint density at radius 1 is 1.12 bits per heavy atom. The molecule has 0 bridgehead atoms. The predicted octanol–water partition coefficient (Wildman–Crippen LogP) is 5.52. The summed E-state index contributed by atoms with van der Waals surface area (Å²) in [7, 11) is -1.45. The first-order valence-electron chi connectivity index (χ1n) is 15.7.